The van der Waals surface area contributed by atoms with Crippen LogP contribution in [0.5, 0.6) is 0 Å². The van der Waals surface area contributed by atoms with Gasteiger partial charge in [-0.05, 0) is 20.8 Å². The molecule has 18 heavy (non-hydrogen) atoms. The van der Waals surface area contributed by atoms with E-state index in [-0.39, 0.29) is 23.5 Å². The van der Waals surface area contributed by atoms with E-state index in [4.69, 9.17) is 4.74 Å². The molecule has 0 aliphatic carbocycles. The molecule has 0 saturated carbocycles. The molecule has 0 aromatic carbocycles. The van der Waals surface area contributed by atoms with Crippen LogP contribution in [0.3, 0.4) is 0 Å². The second-order valence-corrected chi connectivity index (χ2v) is 6.94. The molecule has 0 radical (unpaired) electrons. The first kappa shape index (κ1) is 13.6. The summed E-state index contributed by atoms with van der Waals surface area (Å²) >= 11 is 0. The summed E-state index contributed by atoms with van der Waals surface area (Å²) in [4.78, 5) is 13.6. The van der Waals surface area contributed by atoms with Crippen LogP contribution in [-0.2, 0) is 4.74 Å². The lowest BCUT2D eigenvalue weighted by atomic mass is 9.62. The summed E-state index contributed by atoms with van der Waals surface area (Å²) in [6.45, 7) is 10.9. The van der Waals surface area contributed by atoms with Gasteiger partial charge in [0.1, 0.15) is 5.60 Å². The molecule has 1 atom stereocenters. The van der Waals surface area contributed by atoms with E-state index in [1.54, 1.807) is 4.90 Å². The number of aliphatic hydroxyl groups is 1. The lowest BCUT2D eigenvalue weighted by Crippen LogP contribution is -2.66. The second kappa shape index (κ2) is 4.10. The lowest BCUT2D eigenvalue weighted by Gasteiger charge is -2.54. The van der Waals surface area contributed by atoms with Gasteiger partial charge in [-0.15, -0.1) is 0 Å². The van der Waals surface area contributed by atoms with E-state index in [2.05, 4.69) is 12.2 Å². The lowest BCUT2D eigenvalue weighted by molar-refractivity contribution is -0.0854. The van der Waals surface area contributed by atoms with Crippen LogP contribution in [0.2, 0.25) is 0 Å². The molecule has 2 saturated heterocycles. The van der Waals surface area contributed by atoms with Crippen molar-refractivity contribution in [3.05, 3.63) is 0 Å². The average Bonchev–Trinajstić information content (AvgIpc) is 2.51. The molecule has 2 aliphatic rings. The van der Waals surface area contributed by atoms with E-state index >= 15 is 0 Å². The molecule has 104 valence electrons. The third kappa shape index (κ3) is 2.10. The molecule has 2 fully saturated rings. The van der Waals surface area contributed by atoms with Crippen LogP contribution < -0.4 is 5.32 Å². The Bertz CT molecular complexity index is 345. The first-order valence-electron chi connectivity index (χ1n) is 6.51. The molecule has 2 heterocycles. The smallest absolute Gasteiger partial charge is 0.410 e. The number of amides is 1. The van der Waals surface area contributed by atoms with Crippen molar-refractivity contribution in [1.29, 1.82) is 0 Å². The van der Waals surface area contributed by atoms with Crippen molar-refractivity contribution in [2.75, 3.05) is 32.8 Å². The fourth-order valence-corrected chi connectivity index (χ4v) is 2.84. The van der Waals surface area contributed by atoms with Gasteiger partial charge >= 0.3 is 6.09 Å². The average molecular weight is 256 g/mol. The molecule has 0 bridgehead atoms. The summed E-state index contributed by atoms with van der Waals surface area (Å²) in [6.07, 6.45) is -0.250. The minimum Gasteiger partial charge on any atom is -0.444 e. The Balaban J connectivity index is 1.96. The SMILES string of the molecule is CC(C)(C)OC(=O)N1CC2(CNC[C@]2(C)CO)C1. The van der Waals surface area contributed by atoms with E-state index in [9.17, 15) is 9.90 Å². The van der Waals surface area contributed by atoms with Gasteiger partial charge < -0.3 is 20.1 Å². The summed E-state index contributed by atoms with van der Waals surface area (Å²) < 4.78 is 5.35. The normalized spacial score (nSPS) is 30.4. The van der Waals surface area contributed by atoms with Crippen LogP contribution in [0.4, 0.5) is 4.79 Å². The number of nitrogens with one attached hydrogen (secondary N) is 1. The zero-order chi connectivity index (χ0) is 13.6. The Labute approximate surface area is 108 Å². The number of hydrogen-bond donors (Lipinski definition) is 2. The standard InChI is InChI=1S/C13H24N2O3/c1-11(2,3)18-10(17)15-7-13(8-15)6-14-5-12(13,4)9-16/h14,16H,5-9H2,1-4H3/t12-/m1/s1. The molecule has 5 nitrogen and oxygen atoms in total. The van der Waals surface area contributed by atoms with Gasteiger partial charge in [-0.25, -0.2) is 4.79 Å². The minimum atomic E-state index is -0.450. The number of hydrogen-bond acceptors (Lipinski definition) is 4. The largest absolute Gasteiger partial charge is 0.444 e. The topological polar surface area (TPSA) is 61.8 Å². The number of rotatable bonds is 1. The summed E-state index contributed by atoms with van der Waals surface area (Å²) in [7, 11) is 0. The maximum atomic E-state index is 11.9. The van der Waals surface area contributed by atoms with Crippen molar-refractivity contribution in [2.45, 2.75) is 33.3 Å². The van der Waals surface area contributed by atoms with Crippen LogP contribution >= 0.6 is 0 Å². The summed E-state index contributed by atoms with van der Waals surface area (Å²) in [5, 5.41) is 12.9. The van der Waals surface area contributed by atoms with Gasteiger partial charge in [-0.2, -0.15) is 0 Å². The van der Waals surface area contributed by atoms with Crippen LogP contribution in [0.1, 0.15) is 27.7 Å². The van der Waals surface area contributed by atoms with E-state index in [0.717, 1.165) is 13.1 Å². The fourth-order valence-electron chi connectivity index (χ4n) is 2.84. The highest BCUT2D eigenvalue weighted by Crippen LogP contribution is 2.49. The summed E-state index contributed by atoms with van der Waals surface area (Å²) in [6, 6.07) is 0. The van der Waals surface area contributed by atoms with Gasteiger partial charge in [-0.3, -0.25) is 0 Å². The van der Waals surface area contributed by atoms with Crippen LogP contribution in [0.25, 0.3) is 0 Å². The highest BCUT2D eigenvalue weighted by atomic mass is 16.6. The molecule has 0 aromatic heterocycles. The number of nitrogens with zero attached hydrogens (tertiary/aromatic N) is 1. The molecule has 2 rings (SSSR count). The third-order valence-electron chi connectivity index (χ3n) is 4.25. The van der Waals surface area contributed by atoms with Gasteiger partial charge in [0, 0.05) is 37.0 Å². The molecule has 2 aliphatic heterocycles. The van der Waals surface area contributed by atoms with Crippen LogP contribution in [-0.4, -0.2) is 54.5 Å². The van der Waals surface area contributed by atoms with Crippen molar-refractivity contribution in [2.24, 2.45) is 10.8 Å². The number of ether oxygens (including phenoxy) is 1. The van der Waals surface area contributed by atoms with Gasteiger partial charge in [0.15, 0.2) is 0 Å². The number of likely N-dealkylation sites (tertiary alicyclic amines) is 1. The Hall–Kier alpha value is -0.810. The second-order valence-electron chi connectivity index (χ2n) is 6.94. The monoisotopic (exact) mass is 256 g/mol. The van der Waals surface area contributed by atoms with Gasteiger partial charge in [0.2, 0.25) is 0 Å². The molecular formula is C13H24N2O3. The molecule has 0 aromatic rings. The van der Waals surface area contributed by atoms with Gasteiger partial charge in [0.05, 0.1) is 6.61 Å². The molecule has 5 heteroatoms. The Kier molecular flexibility index (Phi) is 3.10. The van der Waals surface area contributed by atoms with E-state index in [0.29, 0.717) is 13.1 Å². The van der Waals surface area contributed by atoms with Crippen molar-refractivity contribution in [3.63, 3.8) is 0 Å². The van der Waals surface area contributed by atoms with Crippen molar-refractivity contribution < 1.29 is 14.6 Å². The Morgan fingerprint density at radius 2 is 2.00 bits per heavy atom. The number of carbonyl (C=O) groups is 1. The third-order valence-corrected chi connectivity index (χ3v) is 4.25. The molecule has 2 N–H and O–H groups in total. The Morgan fingerprint density at radius 3 is 2.50 bits per heavy atom. The molecule has 1 spiro atoms. The van der Waals surface area contributed by atoms with E-state index < -0.39 is 5.60 Å². The molecular weight excluding hydrogens is 232 g/mol. The zero-order valence-electron chi connectivity index (χ0n) is 11.7. The maximum absolute atomic E-state index is 11.9. The van der Waals surface area contributed by atoms with Crippen LogP contribution in [0, 0.1) is 10.8 Å². The van der Waals surface area contributed by atoms with Crippen molar-refractivity contribution in [1.82, 2.24) is 10.2 Å². The Morgan fingerprint density at radius 1 is 1.39 bits per heavy atom. The van der Waals surface area contributed by atoms with E-state index in [1.807, 2.05) is 20.8 Å². The highest BCUT2D eigenvalue weighted by Gasteiger charge is 2.59. The first-order chi connectivity index (χ1) is 8.21. The predicted octanol–water partition coefficient (Wildman–Crippen LogP) is 0.825. The maximum Gasteiger partial charge on any atom is 0.410 e. The fraction of sp³-hybridized carbons (Fsp3) is 0.923. The van der Waals surface area contributed by atoms with Crippen LogP contribution in [0.15, 0.2) is 0 Å². The van der Waals surface area contributed by atoms with E-state index in [1.165, 1.54) is 0 Å². The molecule has 1 amide bonds. The van der Waals surface area contributed by atoms with Crippen molar-refractivity contribution in [3.8, 4) is 0 Å². The summed E-state index contributed by atoms with van der Waals surface area (Å²) in [5.74, 6) is 0. The quantitative estimate of drug-likeness (QED) is 0.729. The number of aliphatic hydroxyl groups excluding tert-OH is 1. The predicted molar refractivity (Wildman–Crippen MR) is 68.3 cm³/mol. The summed E-state index contributed by atoms with van der Waals surface area (Å²) in [5.41, 5.74) is -0.571. The first-order valence-corrected chi connectivity index (χ1v) is 6.51. The van der Waals surface area contributed by atoms with Gasteiger partial charge in [0.25, 0.3) is 0 Å². The van der Waals surface area contributed by atoms with Crippen molar-refractivity contribution >= 4 is 6.09 Å². The molecule has 0 unspecified atom stereocenters. The zero-order valence-corrected chi connectivity index (χ0v) is 11.7. The number of carbonyl (C=O) groups excluding carboxylic acids is 1. The minimum absolute atomic E-state index is 0.0126. The van der Waals surface area contributed by atoms with Gasteiger partial charge in [-0.1, -0.05) is 6.92 Å². The highest BCUT2D eigenvalue weighted by molar-refractivity contribution is 5.69.